The quantitative estimate of drug-likeness (QED) is 0.301. The number of benzene rings is 2. The second-order valence-corrected chi connectivity index (χ2v) is 9.39. The van der Waals surface area contributed by atoms with E-state index in [1.807, 2.05) is 60.7 Å². The Balaban J connectivity index is 1.18. The molecule has 0 atom stereocenters. The molecule has 4 rings (SSSR count). The first-order chi connectivity index (χ1) is 17.5. The number of carbonyl (C=O) groups is 2. The number of nitrogens with one attached hydrogen (secondary N) is 2. The second-order valence-electron chi connectivity index (χ2n) is 8.33. The van der Waals surface area contributed by atoms with Crippen LogP contribution in [-0.2, 0) is 35.4 Å². The highest BCUT2D eigenvalue weighted by Gasteiger charge is 2.09. The monoisotopic (exact) mass is 501 g/mol. The molecule has 4 aromatic rings. The lowest BCUT2D eigenvalue weighted by Crippen LogP contribution is -2.21. The zero-order chi connectivity index (χ0) is 25.2. The van der Waals surface area contributed by atoms with Gasteiger partial charge in [-0.1, -0.05) is 72.0 Å². The number of aryl methyl sites for hydroxylation is 2. The van der Waals surface area contributed by atoms with Crippen molar-refractivity contribution in [3.8, 4) is 0 Å². The van der Waals surface area contributed by atoms with E-state index in [1.165, 1.54) is 17.4 Å². The molecule has 0 spiro atoms. The number of amides is 2. The summed E-state index contributed by atoms with van der Waals surface area (Å²) in [5.74, 6) is -0.283. The van der Waals surface area contributed by atoms with Crippen LogP contribution in [0.5, 0.6) is 0 Å². The number of hydrogen-bond donors (Lipinski definition) is 2. The zero-order valence-electron chi connectivity index (χ0n) is 19.7. The Bertz CT molecular complexity index is 1350. The SMILES string of the molecule is O=C(Cc1ccccc1)Nc1ccn(CCCCc2nnc(NC(=O)Cc3ccccc3)s2)c(=O)c1. The number of anilines is 2. The van der Waals surface area contributed by atoms with Crippen LogP contribution in [0.3, 0.4) is 0 Å². The van der Waals surface area contributed by atoms with Crippen LogP contribution >= 0.6 is 11.3 Å². The molecule has 2 aromatic heterocycles. The number of unbranched alkanes of at least 4 members (excludes halogenated alkanes) is 1. The van der Waals surface area contributed by atoms with Crippen molar-refractivity contribution in [3.63, 3.8) is 0 Å². The number of aromatic nitrogens is 3. The third-order valence-corrected chi connectivity index (χ3v) is 6.35. The molecular formula is C27H27N5O3S. The molecule has 0 fully saturated rings. The predicted octanol–water partition coefficient (Wildman–Crippen LogP) is 4.09. The van der Waals surface area contributed by atoms with Gasteiger partial charge in [0.2, 0.25) is 16.9 Å². The van der Waals surface area contributed by atoms with E-state index in [1.54, 1.807) is 16.8 Å². The Kier molecular flexibility index (Phi) is 8.72. The Morgan fingerprint density at radius 2 is 1.44 bits per heavy atom. The van der Waals surface area contributed by atoms with E-state index < -0.39 is 0 Å². The number of pyridine rings is 1. The van der Waals surface area contributed by atoms with Crippen LogP contribution in [0.1, 0.15) is 29.0 Å². The van der Waals surface area contributed by atoms with Gasteiger partial charge in [0.25, 0.3) is 5.56 Å². The molecule has 2 amide bonds. The van der Waals surface area contributed by atoms with Crippen molar-refractivity contribution in [2.45, 2.75) is 38.6 Å². The van der Waals surface area contributed by atoms with Crippen LogP contribution in [0.2, 0.25) is 0 Å². The fourth-order valence-electron chi connectivity index (χ4n) is 3.66. The van der Waals surface area contributed by atoms with Crippen molar-refractivity contribution < 1.29 is 9.59 Å². The fraction of sp³-hybridized carbons (Fsp3) is 0.222. The van der Waals surface area contributed by atoms with Crippen LogP contribution in [0.4, 0.5) is 10.8 Å². The number of hydrogen-bond acceptors (Lipinski definition) is 6. The van der Waals surface area contributed by atoms with Gasteiger partial charge < -0.3 is 15.2 Å². The molecule has 2 heterocycles. The molecule has 9 heteroatoms. The highest BCUT2D eigenvalue weighted by Crippen LogP contribution is 2.18. The summed E-state index contributed by atoms with van der Waals surface area (Å²) in [6, 6.07) is 22.2. The van der Waals surface area contributed by atoms with E-state index in [9.17, 15) is 14.4 Å². The van der Waals surface area contributed by atoms with Crippen molar-refractivity contribution in [1.82, 2.24) is 14.8 Å². The highest BCUT2D eigenvalue weighted by molar-refractivity contribution is 7.15. The van der Waals surface area contributed by atoms with E-state index in [0.717, 1.165) is 29.0 Å². The summed E-state index contributed by atoms with van der Waals surface area (Å²) in [4.78, 5) is 36.8. The van der Waals surface area contributed by atoms with Gasteiger partial charge in [0, 0.05) is 30.9 Å². The van der Waals surface area contributed by atoms with Crippen molar-refractivity contribution in [1.29, 1.82) is 0 Å². The zero-order valence-corrected chi connectivity index (χ0v) is 20.5. The average molecular weight is 502 g/mol. The summed E-state index contributed by atoms with van der Waals surface area (Å²) in [6.07, 6.45) is 4.58. The summed E-state index contributed by atoms with van der Waals surface area (Å²) < 4.78 is 1.63. The smallest absolute Gasteiger partial charge is 0.252 e. The molecule has 0 bridgehead atoms. The molecule has 0 aliphatic rings. The maximum absolute atomic E-state index is 12.4. The molecule has 0 unspecified atom stereocenters. The first kappa shape index (κ1) is 25.0. The first-order valence-corrected chi connectivity index (χ1v) is 12.6. The maximum Gasteiger partial charge on any atom is 0.252 e. The predicted molar refractivity (Wildman–Crippen MR) is 141 cm³/mol. The lowest BCUT2D eigenvalue weighted by molar-refractivity contribution is -0.116. The van der Waals surface area contributed by atoms with E-state index >= 15 is 0 Å². The van der Waals surface area contributed by atoms with E-state index in [4.69, 9.17) is 0 Å². The van der Waals surface area contributed by atoms with Crippen molar-refractivity contribution in [2.75, 3.05) is 10.6 Å². The third-order valence-electron chi connectivity index (χ3n) is 5.45. The molecule has 184 valence electrons. The summed E-state index contributed by atoms with van der Waals surface area (Å²) in [7, 11) is 0. The summed E-state index contributed by atoms with van der Waals surface area (Å²) in [5.41, 5.74) is 2.19. The number of rotatable bonds is 11. The van der Waals surface area contributed by atoms with Gasteiger partial charge in [-0.15, -0.1) is 10.2 Å². The molecule has 0 aliphatic carbocycles. The summed E-state index contributed by atoms with van der Waals surface area (Å²) >= 11 is 1.37. The largest absolute Gasteiger partial charge is 0.326 e. The van der Waals surface area contributed by atoms with Crippen LogP contribution in [-0.4, -0.2) is 26.6 Å². The van der Waals surface area contributed by atoms with E-state index in [-0.39, 0.29) is 23.8 Å². The van der Waals surface area contributed by atoms with E-state index in [0.29, 0.717) is 30.2 Å². The Hall–Kier alpha value is -4.11. The van der Waals surface area contributed by atoms with Gasteiger partial charge in [0.05, 0.1) is 12.8 Å². The van der Waals surface area contributed by atoms with Gasteiger partial charge in [-0.25, -0.2) is 0 Å². The van der Waals surface area contributed by atoms with Gasteiger partial charge in [0.15, 0.2) is 0 Å². The van der Waals surface area contributed by atoms with Gasteiger partial charge in [-0.05, 0) is 30.0 Å². The van der Waals surface area contributed by atoms with Crippen molar-refractivity contribution in [2.24, 2.45) is 0 Å². The lowest BCUT2D eigenvalue weighted by atomic mass is 10.1. The van der Waals surface area contributed by atoms with E-state index in [2.05, 4.69) is 20.8 Å². The van der Waals surface area contributed by atoms with Crippen LogP contribution in [0.25, 0.3) is 0 Å². The molecule has 36 heavy (non-hydrogen) atoms. The number of nitrogens with zero attached hydrogens (tertiary/aromatic N) is 3. The molecule has 2 aromatic carbocycles. The molecule has 0 aliphatic heterocycles. The van der Waals surface area contributed by atoms with Crippen LogP contribution < -0.4 is 16.2 Å². The van der Waals surface area contributed by atoms with Gasteiger partial charge >= 0.3 is 0 Å². The minimum atomic E-state index is -0.161. The average Bonchev–Trinajstić information content (AvgIpc) is 3.31. The molecule has 0 saturated heterocycles. The minimum Gasteiger partial charge on any atom is -0.326 e. The number of carbonyl (C=O) groups excluding carboxylic acids is 2. The second kappa shape index (κ2) is 12.6. The highest BCUT2D eigenvalue weighted by atomic mass is 32.1. The normalized spacial score (nSPS) is 10.7. The van der Waals surface area contributed by atoms with Gasteiger partial charge in [-0.3, -0.25) is 14.4 Å². The summed E-state index contributed by atoms with van der Waals surface area (Å²) in [6.45, 7) is 0.566. The van der Waals surface area contributed by atoms with Crippen LogP contribution in [0.15, 0.2) is 83.8 Å². The van der Waals surface area contributed by atoms with Crippen LogP contribution in [0, 0.1) is 0 Å². The van der Waals surface area contributed by atoms with Gasteiger partial charge in [0.1, 0.15) is 5.01 Å². The summed E-state index contributed by atoms with van der Waals surface area (Å²) in [5, 5.41) is 15.1. The Labute approximate surface area is 213 Å². The minimum absolute atomic E-state index is 0.122. The molecule has 0 radical (unpaired) electrons. The fourth-order valence-corrected chi connectivity index (χ4v) is 4.46. The molecule has 8 nitrogen and oxygen atoms in total. The molecule has 2 N–H and O–H groups in total. The standard InChI is InChI=1S/C27H27N5O3S/c33-23(17-20-9-3-1-4-10-20)28-22-14-16-32(26(35)19-22)15-8-7-13-25-30-31-27(36-25)29-24(34)18-21-11-5-2-6-12-21/h1-6,9-12,14,16,19H,7-8,13,15,17-18H2,(H,28,33)(H,29,31,34). The Morgan fingerprint density at radius 1 is 0.806 bits per heavy atom. The maximum atomic E-state index is 12.4. The molecular weight excluding hydrogens is 474 g/mol. The topological polar surface area (TPSA) is 106 Å². The third kappa shape index (κ3) is 7.71. The first-order valence-electron chi connectivity index (χ1n) is 11.8. The van der Waals surface area contributed by atoms with Gasteiger partial charge in [-0.2, -0.15) is 0 Å². The molecule has 0 saturated carbocycles. The van der Waals surface area contributed by atoms with Crippen molar-refractivity contribution >= 4 is 34.0 Å². The Morgan fingerprint density at radius 3 is 2.08 bits per heavy atom. The lowest BCUT2D eigenvalue weighted by Gasteiger charge is -2.08. The van der Waals surface area contributed by atoms with Crippen molar-refractivity contribution in [3.05, 3.63) is 105 Å².